The Hall–Kier alpha value is -1.29. The van der Waals surface area contributed by atoms with Gasteiger partial charge in [-0.15, -0.1) is 6.58 Å². The van der Waals surface area contributed by atoms with Gasteiger partial charge < -0.3 is 5.11 Å². The van der Waals surface area contributed by atoms with E-state index in [1.807, 2.05) is 0 Å². The Kier molecular flexibility index (Phi) is 3.19. The Balaban J connectivity index is 3.40. The summed E-state index contributed by atoms with van der Waals surface area (Å²) >= 11 is 0. The van der Waals surface area contributed by atoms with Crippen molar-refractivity contribution in [1.82, 2.24) is 0 Å². The minimum absolute atomic E-state index is 0.0397. The van der Waals surface area contributed by atoms with Crippen molar-refractivity contribution in [3.63, 3.8) is 0 Å². The molecule has 1 aromatic carbocycles. The van der Waals surface area contributed by atoms with Gasteiger partial charge in [-0.1, -0.05) is 12.1 Å². The highest BCUT2D eigenvalue weighted by atomic mass is 32.2. The second kappa shape index (κ2) is 4.06. The summed E-state index contributed by atoms with van der Waals surface area (Å²) in [5.74, 6) is 0.0397. The van der Waals surface area contributed by atoms with E-state index in [1.165, 1.54) is 6.07 Å². The molecule has 0 saturated carbocycles. The summed E-state index contributed by atoms with van der Waals surface area (Å²) in [5, 5.41) is 9.76. The van der Waals surface area contributed by atoms with Gasteiger partial charge in [0.05, 0.1) is 4.90 Å². The normalized spacial score (nSPS) is 11.3. The molecule has 82 valence electrons. The topological polar surface area (TPSA) is 54.4 Å². The molecule has 1 N–H and O–H groups in total. The third-order valence-electron chi connectivity index (χ3n) is 2.23. The Morgan fingerprint density at radius 2 is 2.07 bits per heavy atom. The van der Waals surface area contributed by atoms with Gasteiger partial charge in [0.2, 0.25) is 0 Å². The summed E-state index contributed by atoms with van der Waals surface area (Å²) in [6, 6.07) is 3.13. The maximum Gasteiger partial charge on any atom is 0.175 e. The number of phenolic OH excluding ortho intramolecular Hbond substituents is 1. The first-order valence-electron chi connectivity index (χ1n) is 4.50. The Bertz CT molecular complexity index is 487. The first-order chi connectivity index (χ1) is 6.88. The van der Waals surface area contributed by atoms with Crippen LogP contribution in [0.4, 0.5) is 0 Å². The SMILES string of the molecule is C=CCc1ccc(S(C)(=O)=O)c(C)c1O. The van der Waals surface area contributed by atoms with Crippen molar-refractivity contribution in [3.8, 4) is 5.75 Å². The van der Waals surface area contributed by atoms with Gasteiger partial charge in [0.15, 0.2) is 9.84 Å². The average molecular weight is 226 g/mol. The van der Waals surface area contributed by atoms with Gasteiger partial charge in [-0.2, -0.15) is 0 Å². The highest BCUT2D eigenvalue weighted by molar-refractivity contribution is 7.90. The first kappa shape index (κ1) is 11.8. The van der Waals surface area contributed by atoms with Crippen molar-refractivity contribution < 1.29 is 13.5 Å². The van der Waals surface area contributed by atoms with Gasteiger partial charge in [0.1, 0.15) is 5.75 Å². The molecule has 0 aliphatic heterocycles. The lowest BCUT2D eigenvalue weighted by atomic mass is 10.1. The Morgan fingerprint density at radius 1 is 1.47 bits per heavy atom. The number of aromatic hydroxyl groups is 1. The molecule has 0 bridgehead atoms. The fraction of sp³-hybridized carbons (Fsp3) is 0.273. The molecular weight excluding hydrogens is 212 g/mol. The fourth-order valence-electron chi connectivity index (χ4n) is 1.46. The van der Waals surface area contributed by atoms with Crippen LogP contribution in [0.25, 0.3) is 0 Å². The second-order valence-electron chi connectivity index (χ2n) is 3.46. The number of rotatable bonds is 3. The van der Waals surface area contributed by atoms with E-state index in [0.717, 1.165) is 6.26 Å². The van der Waals surface area contributed by atoms with Crippen LogP contribution in [0, 0.1) is 6.92 Å². The molecule has 15 heavy (non-hydrogen) atoms. The van der Waals surface area contributed by atoms with Gasteiger partial charge >= 0.3 is 0 Å². The lowest BCUT2D eigenvalue weighted by Crippen LogP contribution is -2.01. The van der Waals surface area contributed by atoms with E-state index >= 15 is 0 Å². The van der Waals surface area contributed by atoms with Crippen LogP contribution in [0.2, 0.25) is 0 Å². The van der Waals surface area contributed by atoms with Crippen LogP contribution in [0.3, 0.4) is 0 Å². The molecule has 0 aromatic heterocycles. The quantitative estimate of drug-likeness (QED) is 0.800. The third-order valence-corrected chi connectivity index (χ3v) is 3.47. The highest BCUT2D eigenvalue weighted by Crippen LogP contribution is 2.28. The highest BCUT2D eigenvalue weighted by Gasteiger charge is 2.15. The van der Waals surface area contributed by atoms with Gasteiger partial charge in [-0.3, -0.25) is 0 Å². The zero-order chi connectivity index (χ0) is 11.6. The van der Waals surface area contributed by atoms with Gasteiger partial charge in [0, 0.05) is 11.8 Å². The predicted molar refractivity (Wildman–Crippen MR) is 59.9 cm³/mol. The molecule has 0 atom stereocenters. The van der Waals surface area contributed by atoms with Crippen LogP contribution in [0.1, 0.15) is 11.1 Å². The molecule has 0 unspecified atom stereocenters. The zero-order valence-corrected chi connectivity index (χ0v) is 9.63. The Morgan fingerprint density at radius 3 is 2.53 bits per heavy atom. The summed E-state index contributed by atoms with van der Waals surface area (Å²) in [6.07, 6.45) is 3.31. The first-order valence-corrected chi connectivity index (χ1v) is 6.39. The van der Waals surface area contributed by atoms with Crippen molar-refractivity contribution in [2.24, 2.45) is 0 Å². The lowest BCUT2D eigenvalue weighted by Gasteiger charge is -2.09. The third kappa shape index (κ3) is 2.39. The standard InChI is InChI=1S/C11H14O3S/c1-4-5-9-6-7-10(15(3,13)14)8(2)11(9)12/h4,6-7,12H,1,5H2,2-3H3. The Labute approximate surface area is 90.0 Å². The van der Waals surface area contributed by atoms with Crippen molar-refractivity contribution in [3.05, 3.63) is 35.9 Å². The molecule has 0 fully saturated rings. The molecule has 0 aliphatic rings. The minimum atomic E-state index is -3.27. The number of phenols is 1. The van der Waals surface area contributed by atoms with Crippen LogP contribution in [0.5, 0.6) is 5.75 Å². The molecule has 4 heteroatoms. The average Bonchev–Trinajstić information content (AvgIpc) is 2.11. The number of benzene rings is 1. The summed E-state index contributed by atoms with van der Waals surface area (Å²) in [7, 11) is -3.27. The van der Waals surface area contributed by atoms with Crippen LogP contribution in [-0.4, -0.2) is 19.8 Å². The maximum atomic E-state index is 11.3. The number of allylic oxidation sites excluding steroid dienone is 1. The molecular formula is C11H14O3S. The number of sulfone groups is 1. The molecule has 0 amide bonds. The lowest BCUT2D eigenvalue weighted by molar-refractivity contribution is 0.462. The summed E-state index contributed by atoms with van der Waals surface area (Å²) in [5.41, 5.74) is 1.09. The van der Waals surface area contributed by atoms with Gasteiger partial charge in [-0.25, -0.2) is 8.42 Å². The largest absolute Gasteiger partial charge is 0.507 e. The molecule has 0 spiro atoms. The predicted octanol–water partition coefficient (Wildman–Crippen LogP) is 1.83. The summed E-state index contributed by atoms with van der Waals surface area (Å²) < 4.78 is 22.7. The van der Waals surface area contributed by atoms with E-state index in [1.54, 1.807) is 19.1 Å². The van der Waals surface area contributed by atoms with Crippen LogP contribution >= 0.6 is 0 Å². The fourth-order valence-corrected chi connectivity index (χ4v) is 2.43. The maximum absolute atomic E-state index is 11.3. The zero-order valence-electron chi connectivity index (χ0n) is 8.82. The molecule has 3 nitrogen and oxygen atoms in total. The number of hydrogen-bond donors (Lipinski definition) is 1. The minimum Gasteiger partial charge on any atom is -0.507 e. The summed E-state index contributed by atoms with van der Waals surface area (Å²) in [4.78, 5) is 0.174. The molecule has 1 rings (SSSR count). The molecule has 0 heterocycles. The van der Waals surface area contributed by atoms with E-state index in [-0.39, 0.29) is 10.6 Å². The van der Waals surface area contributed by atoms with Crippen LogP contribution in [0.15, 0.2) is 29.7 Å². The van der Waals surface area contributed by atoms with E-state index in [9.17, 15) is 13.5 Å². The molecule has 1 aromatic rings. The van der Waals surface area contributed by atoms with Crippen molar-refractivity contribution in [2.75, 3.05) is 6.26 Å². The monoisotopic (exact) mass is 226 g/mol. The van der Waals surface area contributed by atoms with E-state index in [0.29, 0.717) is 17.5 Å². The van der Waals surface area contributed by atoms with Crippen LogP contribution < -0.4 is 0 Å². The van der Waals surface area contributed by atoms with E-state index in [2.05, 4.69) is 6.58 Å². The van der Waals surface area contributed by atoms with Gasteiger partial charge in [0.25, 0.3) is 0 Å². The molecule has 0 saturated heterocycles. The second-order valence-corrected chi connectivity index (χ2v) is 5.45. The molecule has 0 radical (unpaired) electrons. The smallest absolute Gasteiger partial charge is 0.175 e. The van der Waals surface area contributed by atoms with Crippen molar-refractivity contribution >= 4 is 9.84 Å². The van der Waals surface area contributed by atoms with Gasteiger partial charge in [-0.05, 0) is 25.0 Å². The van der Waals surface area contributed by atoms with Crippen LogP contribution in [-0.2, 0) is 16.3 Å². The van der Waals surface area contributed by atoms with E-state index in [4.69, 9.17) is 0 Å². The molecule has 0 aliphatic carbocycles. The van der Waals surface area contributed by atoms with Crippen molar-refractivity contribution in [1.29, 1.82) is 0 Å². The van der Waals surface area contributed by atoms with Crippen molar-refractivity contribution in [2.45, 2.75) is 18.2 Å². The number of hydrogen-bond acceptors (Lipinski definition) is 3. The summed E-state index contributed by atoms with van der Waals surface area (Å²) in [6.45, 7) is 5.16. The van der Waals surface area contributed by atoms with E-state index < -0.39 is 9.84 Å².